The van der Waals surface area contributed by atoms with Crippen LogP contribution in [0.4, 0.5) is 0 Å². The van der Waals surface area contributed by atoms with E-state index in [2.05, 4.69) is 0 Å². The van der Waals surface area contributed by atoms with Crippen LogP contribution >= 0.6 is 0 Å². The second kappa shape index (κ2) is 5.31. The van der Waals surface area contributed by atoms with Gasteiger partial charge in [0.25, 0.3) is 0 Å². The minimum atomic E-state index is -1.10. The van der Waals surface area contributed by atoms with Gasteiger partial charge < -0.3 is 20.1 Å². The SMILES string of the molecule is O=C(O)c1ccc(C(=O)Oc2cc(O)ccc2O)cc1. The van der Waals surface area contributed by atoms with Crippen LogP contribution in [0.1, 0.15) is 20.7 Å². The molecule has 0 aliphatic rings. The van der Waals surface area contributed by atoms with Gasteiger partial charge in [0.1, 0.15) is 5.75 Å². The van der Waals surface area contributed by atoms with Crippen molar-refractivity contribution < 1.29 is 29.6 Å². The van der Waals surface area contributed by atoms with Crippen LogP contribution < -0.4 is 4.74 Å². The first-order valence-electron chi connectivity index (χ1n) is 5.55. The summed E-state index contributed by atoms with van der Waals surface area (Å²) in [6, 6.07) is 8.65. The van der Waals surface area contributed by atoms with Gasteiger partial charge in [-0.25, -0.2) is 9.59 Å². The molecule has 0 saturated heterocycles. The Morgan fingerprint density at radius 2 is 1.50 bits per heavy atom. The lowest BCUT2D eigenvalue weighted by Crippen LogP contribution is -2.09. The summed E-state index contributed by atoms with van der Waals surface area (Å²) in [5.74, 6) is -2.51. The Bertz CT molecular complexity index is 660. The zero-order valence-corrected chi connectivity index (χ0v) is 10.1. The van der Waals surface area contributed by atoms with Crippen molar-refractivity contribution in [2.45, 2.75) is 0 Å². The minimum absolute atomic E-state index is 0.0433. The molecule has 6 nitrogen and oxygen atoms in total. The van der Waals surface area contributed by atoms with E-state index in [0.717, 1.165) is 6.07 Å². The summed E-state index contributed by atoms with van der Waals surface area (Å²) in [5, 5.41) is 27.5. The number of rotatable bonds is 3. The molecule has 0 amide bonds. The van der Waals surface area contributed by atoms with E-state index in [1.165, 1.54) is 36.4 Å². The lowest BCUT2D eigenvalue weighted by Gasteiger charge is -2.06. The Labute approximate surface area is 113 Å². The smallest absolute Gasteiger partial charge is 0.343 e. The number of carboxylic acid groups (broad SMARTS) is 1. The summed E-state index contributed by atoms with van der Waals surface area (Å²) in [4.78, 5) is 22.5. The van der Waals surface area contributed by atoms with Gasteiger partial charge in [-0.3, -0.25) is 0 Å². The maximum atomic E-state index is 11.8. The number of aromatic hydroxyl groups is 2. The van der Waals surface area contributed by atoms with Gasteiger partial charge in [0.05, 0.1) is 11.1 Å². The third-order valence-electron chi connectivity index (χ3n) is 2.51. The molecule has 6 heteroatoms. The third kappa shape index (κ3) is 2.86. The van der Waals surface area contributed by atoms with Crippen LogP contribution in [0.25, 0.3) is 0 Å². The van der Waals surface area contributed by atoms with Crippen molar-refractivity contribution in [1.82, 2.24) is 0 Å². The molecule has 0 saturated carbocycles. The van der Waals surface area contributed by atoms with Crippen LogP contribution in [0.5, 0.6) is 17.2 Å². The molecule has 2 aromatic rings. The van der Waals surface area contributed by atoms with Crippen molar-refractivity contribution in [3.8, 4) is 17.2 Å². The van der Waals surface area contributed by atoms with E-state index in [1.54, 1.807) is 0 Å². The number of hydrogen-bond acceptors (Lipinski definition) is 5. The summed E-state index contributed by atoms with van der Waals surface area (Å²) >= 11 is 0. The molecule has 2 aromatic carbocycles. The van der Waals surface area contributed by atoms with Crippen molar-refractivity contribution in [2.24, 2.45) is 0 Å². The largest absolute Gasteiger partial charge is 0.508 e. The Kier molecular flexibility index (Phi) is 3.56. The molecular weight excluding hydrogens is 264 g/mol. The predicted octanol–water partition coefficient (Wildman–Crippen LogP) is 2.02. The molecule has 0 fully saturated rings. The maximum absolute atomic E-state index is 11.8. The zero-order valence-electron chi connectivity index (χ0n) is 10.1. The van der Waals surface area contributed by atoms with E-state index in [0.29, 0.717) is 0 Å². The van der Waals surface area contributed by atoms with Crippen LogP contribution in [0.15, 0.2) is 42.5 Å². The normalized spacial score (nSPS) is 10.0. The molecule has 0 aromatic heterocycles. The molecule has 0 unspecified atom stereocenters. The Hall–Kier alpha value is -3.02. The van der Waals surface area contributed by atoms with Crippen molar-refractivity contribution in [3.05, 3.63) is 53.6 Å². The monoisotopic (exact) mass is 274 g/mol. The third-order valence-corrected chi connectivity index (χ3v) is 2.51. The van der Waals surface area contributed by atoms with E-state index < -0.39 is 11.9 Å². The van der Waals surface area contributed by atoms with Gasteiger partial charge in [-0.15, -0.1) is 0 Å². The van der Waals surface area contributed by atoms with Crippen molar-refractivity contribution in [2.75, 3.05) is 0 Å². The number of aromatic carboxylic acids is 1. The zero-order chi connectivity index (χ0) is 14.7. The highest BCUT2D eigenvalue weighted by atomic mass is 16.5. The summed E-state index contributed by atoms with van der Waals surface area (Å²) < 4.78 is 4.92. The Balaban J connectivity index is 2.19. The van der Waals surface area contributed by atoms with Gasteiger partial charge in [-0.2, -0.15) is 0 Å². The molecule has 0 radical (unpaired) electrons. The molecule has 2 rings (SSSR count). The van der Waals surface area contributed by atoms with Crippen LogP contribution in [-0.4, -0.2) is 27.3 Å². The number of carboxylic acids is 1. The molecule has 0 heterocycles. The fourth-order valence-corrected chi connectivity index (χ4v) is 1.49. The molecular formula is C14H10O6. The molecule has 102 valence electrons. The average Bonchev–Trinajstić information content (AvgIpc) is 2.43. The van der Waals surface area contributed by atoms with E-state index in [9.17, 15) is 19.8 Å². The van der Waals surface area contributed by atoms with E-state index in [1.807, 2.05) is 0 Å². The van der Waals surface area contributed by atoms with Crippen LogP contribution in [0.2, 0.25) is 0 Å². The summed E-state index contributed by atoms with van der Waals surface area (Å²) in [7, 11) is 0. The van der Waals surface area contributed by atoms with E-state index in [-0.39, 0.29) is 28.4 Å². The van der Waals surface area contributed by atoms with Gasteiger partial charge in [-0.05, 0) is 36.4 Å². The number of ether oxygens (including phenoxy) is 1. The number of carbonyl (C=O) groups is 2. The van der Waals surface area contributed by atoms with Crippen LogP contribution in [-0.2, 0) is 0 Å². The average molecular weight is 274 g/mol. The molecule has 20 heavy (non-hydrogen) atoms. The molecule has 0 spiro atoms. The summed E-state index contributed by atoms with van der Waals surface area (Å²) in [6.07, 6.45) is 0. The van der Waals surface area contributed by atoms with Gasteiger partial charge in [-0.1, -0.05) is 0 Å². The lowest BCUT2D eigenvalue weighted by atomic mass is 10.1. The minimum Gasteiger partial charge on any atom is -0.508 e. The summed E-state index contributed by atoms with van der Waals surface area (Å²) in [5.41, 5.74) is 0.166. The highest BCUT2D eigenvalue weighted by Gasteiger charge is 2.13. The highest BCUT2D eigenvalue weighted by Crippen LogP contribution is 2.30. The summed E-state index contributed by atoms with van der Waals surface area (Å²) in [6.45, 7) is 0. The maximum Gasteiger partial charge on any atom is 0.343 e. The highest BCUT2D eigenvalue weighted by molar-refractivity contribution is 5.93. The number of hydrogen-bond donors (Lipinski definition) is 3. The predicted molar refractivity (Wildman–Crippen MR) is 68.1 cm³/mol. The van der Waals surface area contributed by atoms with Crippen LogP contribution in [0, 0.1) is 0 Å². The first-order valence-corrected chi connectivity index (χ1v) is 5.55. The Morgan fingerprint density at radius 1 is 0.900 bits per heavy atom. The number of esters is 1. The number of phenolic OH excluding ortho intramolecular Hbond substituents is 2. The van der Waals surface area contributed by atoms with Gasteiger partial charge in [0.2, 0.25) is 0 Å². The second-order valence-electron chi connectivity index (χ2n) is 3.92. The molecule has 0 aliphatic carbocycles. The van der Waals surface area contributed by atoms with Crippen molar-refractivity contribution in [1.29, 1.82) is 0 Å². The van der Waals surface area contributed by atoms with Crippen LogP contribution in [0.3, 0.4) is 0 Å². The second-order valence-corrected chi connectivity index (χ2v) is 3.92. The number of benzene rings is 2. The fourth-order valence-electron chi connectivity index (χ4n) is 1.49. The van der Waals surface area contributed by atoms with Gasteiger partial charge in [0.15, 0.2) is 11.5 Å². The molecule has 0 atom stereocenters. The Morgan fingerprint density at radius 3 is 2.10 bits per heavy atom. The van der Waals surface area contributed by atoms with E-state index >= 15 is 0 Å². The first-order chi connectivity index (χ1) is 9.47. The quantitative estimate of drug-likeness (QED) is 0.449. The lowest BCUT2D eigenvalue weighted by molar-refractivity contribution is 0.0691. The molecule has 0 bridgehead atoms. The molecule has 3 N–H and O–H groups in total. The fraction of sp³-hybridized carbons (Fsp3) is 0. The first kappa shape index (κ1) is 13.4. The topological polar surface area (TPSA) is 104 Å². The standard InChI is InChI=1S/C14H10O6/c15-10-5-6-11(16)12(7-10)20-14(19)9-3-1-8(2-4-9)13(17)18/h1-7,15-16H,(H,17,18). The van der Waals surface area contributed by atoms with Gasteiger partial charge in [0, 0.05) is 6.07 Å². The molecule has 0 aliphatic heterocycles. The van der Waals surface area contributed by atoms with Gasteiger partial charge >= 0.3 is 11.9 Å². The van der Waals surface area contributed by atoms with Crippen molar-refractivity contribution in [3.63, 3.8) is 0 Å². The van der Waals surface area contributed by atoms with Crippen molar-refractivity contribution >= 4 is 11.9 Å². The van der Waals surface area contributed by atoms with E-state index in [4.69, 9.17) is 9.84 Å². The number of carbonyl (C=O) groups excluding carboxylic acids is 1. The number of phenols is 2.